The van der Waals surface area contributed by atoms with Crippen LogP contribution in [0.3, 0.4) is 0 Å². The Hall–Kier alpha value is -0.800. The molecular weight excluding hydrogens is 180 g/mol. The van der Waals surface area contributed by atoms with Crippen LogP contribution in [0.2, 0.25) is 0 Å². The van der Waals surface area contributed by atoms with Crippen LogP contribution in [0.5, 0.6) is 0 Å². The maximum atomic E-state index is 3.51. The van der Waals surface area contributed by atoms with E-state index < -0.39 is 0 Å². The van der Waals surface area contributed by atoms with Gasteiger partial charge in [0.05, 0.1) is 0 Å². The minimum absolute atomic E-state index is 1.10. The summed E-state index contributed by atoms with van der Waals surface area (Å²) in [4.78, 5) is 7.24. The highest BCUT2D eigenvalue weighted by atomic mass is 32.1. The number of likely N-dealkylation sites (N-methyl/N-ethyl adjacent to an activating group) is 1. The van der Waals surface area contributed by atoms with Crippen LogP contribution in [-0.4, -0.2) is 23.5 Å². The van der Waals surface area contributed by atoms with Gasteiger partial charge in [-0.3, -0.25) is 0 Å². The molecule has 3 rings (SSSR count). The zero-order valence-corrected chi connectivity index (χ0v) is 8.45. The first-order valence-corrected chi connectivity index (χ1v) is 5.48. The van der Waals surface area contributed by atoms with Crippen molar-refractivity contribution >= 4 is 21.6 Å². The topological polar surface area (TPSA) is 19.0 Å². The molecule has 0 aliphatic carbocycles. The van der Waals surface area contributed by atoms with Gasteiger partial charge in [0, 0.05) is 30.6 Å². The van der Waals surface area contributed by atoms with Crippen molar-refractivity contribution in [2.24, 2.45) is 0 Å². The highest BCUT2D eigenvalue weighted by Gasteiger charge is 2.18. The number of fused-ring (bicyclic) bond motifs is 3. The van der Waals surface area contributed by atoms with Crippen molar-refractivity contribution in [2.75, 3.05) is 13.6 Å². The van der Waals surface area contributed by atoms with Crippen LogP contribution in [0.4, 0.5) is 0 Å². The third-order valence-electron chi connectivity index (χ3n) is 2.79. The number of thiophene rings is 1. The monoisotopic (exact) mass is 192 g/mol. The molecule has 0 aromatic carbocycles. The van der Waals surface area contributed by atoms with E-state index in [1.807, 2.05) is 11.3 Å². The molecule has 0 saturated carbocycles. The molecule has 0 atom stereocenters. The van der Waals surface area contributed by atoms with Crippen LogP contribution in [0, 0.1) is 0 Å². The average Bonchev–Trinajstić information content (AvgIpc) is 2.64. The first-order valence-electron chi connectivity index (χ1n) is 4.60. The second kappa shape index (κ2) is 2.59. The second-order valence-electron chi connectivity index (χ2n) is 3.73. The van der Waals surface area contributed by atoms with E-state index in [9.17, 15) is 0 Å². The number of nitrogens with one attached hydrogen (secondary N) is 1. The summed E-state index contributed by atoms with van der Waals surface area (Å²) in [7, 11) is 2.19. The Labute approximate surface area is 81.2 Å². The van der Waals surface area contributed by atoms with Crippen molar-refractivity contribution in [1.29, 1.82) is 0 Å². The fourth-order valence-corrected chi connectivity index (χ4v) is 2.90. The quantitative estimate of drug-likeness (QED) is 0.678. The molecule has 13 heavy (non-hydrogen) atoms. The summed E-state index contributed by atoms with van der Waals surface area (Å²) in [6.45, 7) is 2.28. The van der Waals surface area contributed by atoms with Crippen LogP contribution in [0.15, 0.2) is 11.4 Å². The summed E-state index contributed by atoms with van der Waals surface area (Å²) in [5, 5.41) is 3.60. The van der Waals surface area contributed by atoms with Gasteiger partial charge in [-0.25, -0.2) is 0 Å². The molecule has 0 spiro atoms. The van der Waals surface area contributed by atoms with Gasteiger partial charge in [0.15, 0.2) is 0 Å². The Balaban J connectivity index is 2.24. The van der Waals surface area contributed by atoms with Crippen LogP contribution in [0.1, 0.15) is 11.3 Å². The Morgan fingerprint density at radius 1 is 1.54 bits per heavy atom. The number of aromatic nitrogens is 1. The Morgan fingerprint density at radius 3 is 3.38 bits per heavy atom. The summed E-state index contributed by atoms with van der Waals surface area (Å²) < 4.78 is 0. The summed E-state index contributed by atoms with van der Waals surface area (Å²) in [6, 6.07) is 2.23. The molecule has 0 amide bonds. The number of rotatable bonds is 0. The molecular formula is C10H12N2S. The van der Waals surface area contributed by atoms with Crippen LogP contribution >= 0.6 is 11.3 Å². The molecule has 0 radical (unpaired) electrons. The molecule has 68 valence electrons. The number of hydrogen-bond acceptors (Lipinski definition) is 2. The van der Waals surface area contributed by atoms with E-state index in [0.717, 1.165) is 6.54 Å². The predicted octanol–water partition coefficient (Wildman–Crippen LogP) is 2.22. The van der Waals surface area contributed by atoms with Crippen LogP contribution in [0.25, 0.3) is 10.2 Å². The Bertz CT molecular complexity index is 441. The molecule has 2 aromatic rings. The summed E-state index contributed by atoms with van der Waals surface area (Å²) >= 11 is 1.81. The number of H-pyrrole nitrogens is 1. The standard InChI is InChI=1S/C10H12N2S/c1-12-4-2-9-8(6-12)7-3-5-13-10(7)11-9/h3,5,11H,2,4,6H2,1H3. The number of nitrogens with zero attached hydrogens (tertiary/aromatic N) is 1. The summed E-state index contributed by atoms with van der Waals surface area (Å²) in [6.07, 6.45) is 1.17. The van der Waals surface area contributed by atoms with Crippen molar-refractivity contribution in [1.82, 2.24) is 9.88 Å². The lowest BCUT2D eigenvalue weighted by molar-refractivity contribution is 0.313. The lowest BCUT2D eigenvalue weighted by Gasteiger charge is -2.22. The first-order chi connectivity index (χ1) is 6.34. The van der Waals surface area contributed by atoms with E-state index in [1.54, 1.807) is 0 Å². The molecule has 0 bridgehead atoms. The number of hydrogen-bond donors (Lipinski definition) is 1. The van der Waals surface area contributed by atoms with Crippen LogP contribution in [-0.2, 0) is 13.0 Å². The molecule has 1 N–H and O–H groups in total. The largest absolute Gasteiger partial charge is 0.350 e. The van der Waals surface area contributed by atoms with Crippen molar-refractivity contribution in [3.8, 4) is 0 Å². The molecule has 1 aliphatic rings. The minimum atomic E-state index is 1.10. The van der Waals surface area contributed by atoms with Gasteiger partial charge in [0.25, 0.3) is 0 Å². The van der Waals surface area contributed by atoms with Gasteiger partial charge >= 0.3 is 0 Å². The van der Waals surface area contributed by atoms with Gasteiger partial charge < -0.3 is 9.88 Å². The van der Waals surface area contributed by atoms with E-state index in [1.165, 1.54) is 34.4 Å². The average molecular weight is 192 g/mol. The predicted molar refractivity (Wildman–Crippen MR) is 56.2 cm³/mol. The fraction of sp³-hybridized carbons (Fsp3) is 0.400. The van der Waals surface area contributed by atoms with Crippen molar-refractivity contribution in [3.63, 3.8) is 0 Å². The molecule has 0 saturated heterocycles. The van der Waals surface area contributed by atoms with Crippen LogP contribution < -0.4 is 0 Å². The second-order valence-corrected chi connectivity index (χ2v) is 4.65. The smallest absolute Gasteiger partial charge is 0.100 e. The van der Waals surface area contributed by atoms with E-state index in [4.69, 9.17) is 0 Å². The van der Waals surface area contributed by atoms with Gasteiger partial charge in [0.2, 0.25) is 0 Å². The fourth-order valence-electron chi connectivity index (χ4n) is 2.06. The van der Waals surface area contributed by atoms with Gasteiger partial charge in [0.1, 0.15) is 4.83 Å². The maximum absolute atomic E-state index is 3.51. The normalized spacial score (nSPS) is 17.9. The van der Waals surface area contributed by atoms with Gasteiger partial charge in [-0.1, -0.05) is 0 Å². The Morgan fingerprint density at radius 2 is 2.46 bits per heavy atom. The Kier molecular flexibility index (Phi) is 1.51. The van der Waals surface area contributed by atoms with Gasteiger partial charge in [-0.15, -0.1) is 11.3 Å². The van der Waals surface area contributed by atoms with E-state index in [0.29, 0.717) is 0 Å². The molecule has 0 fully saturated rings. The molecule has 2 nitrogen and oxygen atoms in total. The van der Waals surface area contributed by atoms with Crippen molar-refractivity contribution < 1.29 is 0 Å². The highest BCUT2D eigenvalue weighted by molar-refractivity contribution is 7.16. The van der Waals surface area contributed by atoms with Gasteiger partial charge in [-0.2, -0.15) is 0 Å². The zero-order chi connectivity index (χ0) is 8.84. The SMILES string of the molecule is CN1CCc2[nH]c3sccc3c2C1. The third-order valence-corrected chi connectivity index (χ3v) is 3.62. The lowest BCUT2D eigenvalue weighted by Crippen LogP contribution is -2.25. The summed E-state index contributed by atoms with van der Waals surface area (Å²) in [5.74, 6) is 0. The zero-order valence-electron chi connectivity index (χ0n) is 7.63. The molecule has 0 unspecified atom stereocenters. The van der Waals surface area contributed by atoms with E-state index in [2.05, 4.69) is 28.4 Å². The molecule has 1 aliphatic heterocycles. The third kappa shape index (κ3) is 1.04. The minimum Gasteiger partial charge on any atom is -0.350 e. The lowest BCUT2D eigenvalue weighted by atomic mass is 10.1. The molecule has 3 heterocycles. The van der Waals surface area contributed by atoms with E-state index in [-0.39, 0.29) is 0 Å². The maximum Gasteiger partial charge on any atom is 0.100 e. The molecule has 3 heteroatoms. The highest BCUT2D eigenvalue weighted by Crippen LogP contribution is 2.30. The number of aromatic amines is 1. The molecule has 2 aromatic heterocycles. The van der Waals surface area contributed by atoms with Crippen molar-refractivity contribution in [3.05, 3.63) is 22.7 Å². The first kappa shape index (κ1) is 7.59. The van der Waals surface area contributed by atoms with E-state index >= 15 is 0 Å². The van der Waals surface area contributed by atoms with Gasteiger partial charge in [-0.05, 0) is 24.1 Å². The van der Waals surface area contributed by atoms with Crippen molar-refractivity contribution in [2.45, 2.75) is 13.0 Å². The summed E-state index contributed by atoms with van der Waals surface area (Å²) in [5.41, 5.74) is 2.98.